The Morgan fingerprint density at radius 1 is 0.970 bits per heavy atom. The van der Waals surface area contributed by atoms with Crippen molar-refractivity contribution < 1.29 is 36.9 Å². The predicted octanol–water partition coefficient (Wildman–Crippen LogP) is 11.1. The van der Waals surface area contributed by atoms with Crippen LogP contribution in [0.2, 0.25) is 16.6 Å². The number of anilines is 1. The Hall–Kier alpha value is -4.65. The maximum Gasteiger partial charge on any atom is 0.410 e. The first-order valence-electron chi connectivity index (χ1n) is 24.4. The van der Waals surface area contributed by atoms with E-state index in [1.807, 2.05) is 25.7 Å². The normalized spacial score (nSPS) is 24.9. The fourth-order valence-electron chi connectivity index (χ4n) is 12.8. The summed E-state index contributed by atoms with van der Waals surface area (Å²) in [5.41, 5.74) is 4.49. The highest BCUT2D eigenvalue weighted by molar-refractivity contribution is 6.90. The number of rotatable bonds is 10. The minimum Gasteiger partial charge on any atom is -0.468 e. The van der Waals surface area contributed by atoms with Gasteiger partial charge in [0, 0.05) is 43.5 Å². The monoisotopic (exact) mass is 940 g/mol. The summed E-state index contributed by atoms with van der Waals surface area (Å²) in [7, 11) is -0.831. The molecule has 2 bridgehead atoms. The summed E-state index contributed by atoms with van der Waals surface area (Å²) in [6.07, 6.45) is 2.88. The molecule has 4 aromatic rings. The van der Waals surface area contributed by atoms with Gasteiger partial charge in [-0.3, -0.25) is 9.80 Å². The van der Waals surface area contributed by atoms with Crippen molar-refractivity contribution >= 4 is 41.7 Å². The molecule has 0 spiro atoms. The minimum atomic E-state index is -2.35. The van der Waals surface area contributed by atoms with Crippen molar-refractivity contribution in [3.05, 3.63) is 47.2 Å². The maximum atomic E-state index is 18.3. The highest BCUT2D eigenvalue weighted by Crippen LogP contribution is 2.49. The quantitative estimate of drug-likeness (QED) is 0.0867. The van der Waals surface area contributed by atoms with Gasteiger partial charge in [-0.2, -0.15) is 9.97 Å². The van der Waals surface area contributed by atoms with Gasteiger partial charge in [0.2, 0.25) is 0 Å². The van der Waals surface area contributed by atoms with Crippen molar-refractivity contribution in [2.75, 3.05) is 45.0 Å². The van der Waals surface area contributed by atoms with Crippen molar-refractivity contribution in [1.82, 2.24) is 24.8 Å². The lowest BCUT2D eigenvalue weighted by Crippen LogP contribution is -2.62. The van der Waals surface area contributed by atoms with Gasteiger partial charge in [0.05, 0.1) is 40.3 Å². The molecule has 0 saturated carbocycles. The fraction of sp³-hybridized carbons (Fsp3) is 0.615. The van der Waals surface area contributed by atoms with Crippen LogP contribution in [-0.4, -0.2) is 114 Å². The van der Waals surface area contributed by atoms with Gasteiger partial charge in [-0.05, 0) is 99.6 Å². The van der Waals surface area contributed by atoms with Crippen LogP contribution >= 0.6 is 0 Å². The topological polar surface area (TPSA) is 102 Å². The summed E-state index contributed by atoms with van der Waals surface area (Å²) in [4.78, 5) is 35.5. The molecule has 6 atom stereocenters. The zero-order chi connectivity index (χ0) is 47.9. The lowest BCUT2D eigenvalue weighted by Gasteiger charge is -2.47. The number of methoxy groups -OCH3 is 1. The molecule has 5 aliphatic rings. The molecule has 7 heterocycles. The first kappa shape index (κ1) is 47.4. The summed E-state index contributed by atoms with van der Waals surface area (Å²) >= 11 is 0. The van der Waals surface area contributed by atoms with E-state index >= 15 is 8.78 Å². The number of benzene rings is 2. The van der Waals surface area contributed by atoms with Crippen molar-refractivity contribution in [2.24, 2.45) is 0 Å². The Morgan fingerprint density at radius 3 is 2.42 bits per heavy atom. The molecule has 67 heavy (non-hydrogen) atoms. The molecule has 0 N–H and O–H groups in total. The molecule has 1 amide bonds. The molecule has 0 unspecified atom stereocenters. The third-order valence-corrected chi connectivity index (χ3v) is 21.9. The number of fused-ring (bicyclic) bond motifs is 7. The van der Waals surface area contributed by atoms with Gasteiger partial charge in [0.1, 0.15) is 55.0 Å². The Morgan fingerprint density at radius 2 is 1.72 bits per heavy atom. The van der Waals surface area contributed by atoms with E-state index in [2.05, 4.69) is 69.7 Å². The average molecular weight is 941 g/mol. The molecule has 15 heteroatoms. The van der Waals surface area contributed by atoms with E-state index in [1.165, 1.54) is 13.2 Å². The van der Waals surface area contributed by atoms with E-state index < -0.39 is 37.0 Å². The minimum absolute atomic E-state index is 0.0137. The number of ether oxygens (including phenoxy) is 4. The second kappa shape index (κ2) is 17.7. The molecule has 0 aliphatic carbocycles. The van der Waals surface area contributed by atoms with E-state index in [-0.39, 0.29) is 66.3 Å². The number of hydrogen-bond donors (Lipinski definition) is 0. The van der Waals surface area contributed by atoms with Gasteiger partial charge in [0.15, 0.2) is 12.6 Å². The zero-order valence-electron chi connectivity index (χ0n) is 41.1. The SMILES string of the molecule is COCOc1cc(-c2nc3c4c(nc(OC[C@@]56CCCN5C[C@H](F)C6)nc4c2F)N2C[C@H]4CC[C@@H]([C@@H]2C[C@H]3C)N4C(=O)OC(C)(C)C)c2c(C#C[Si](C(C)C)(C(C)C)C(C)C)c(F)ccc2c1. The highest BCUT2D eigenvalue weighted by atomic mass is 28.3. The number of hydrogen-bond acceptors (Lipinski definition) is 10. The Bertz CT molecular complexity index is 2630. The predicted molar refractivity (Wildman–Crippen MR) is 258 cm³/mol. The van der Waals surface area contributed by atoms with Crippen molar-refractivity contribution in [3.8, 4) is 34.5 Å². The number of piperazine rings is 1. The van der Waals surface area contributed by atoms with Gasteiger partial charge in [-0.15, -0.1) is 5.54 Å². The number of pyridine rings is 1. The molecular formula is C52H67F3N6O5Si. The van der Waals surface area contributed by atoms with Crippen molar-refractivity contribution in [3.63, 3.8) is 0 Å². The molecule has 2 aromatic carbocycles. The van der Waals surface area contributed by atoms with Gasteiger partial charge < -0.3 is 23.8 Å². The number of aromatic nitrogens is 3. The molecule has 360 valence electrons. The number of carbonyl (C=O) groups is 1. The van der Waals surface area contributed by atoms with Gasteiger partial charge in [-0.25, -0.2) is 22.9 Å². The molecule has 4 saturated heterocycles. The molecule has 11 nitrogen and oxygen atoms in total. The second-order valence-corrected chi connectivity index (χ2v) is 27.4. The maximum absolute atomic E-state index is 18.3. The van der Waals surface area contributed by atoms with Crippen LogP contribution in [0.25, 0.3) is 32.9 Å². The van der Waals surface area contributed by atoms with E-state index in [9.17, 15) is 9.18 Å². The van der Waals surface area contributed by atoms with E-state index in [1.54, 1.807) is 18.2 Å². The van der Waals surface area contributed by atoms with Gasteiger partial charge >= 0.3 is 12.1 Å². The van der Waals surface area contributed by atoms with E-state index in [4.69, 9.17) is 33.9 Å². The summed E-state index contributed by atoms with van der Waals surface area (Å²) in [5, 5.41) is 1.50. The summed E-state index contributed by atoms with van der Waals surface area (Å²) in [6.45, 7) is 22.6. The van der Waals surface area contributed by atoms with Crippen LogP contribution in [0.1, 0.15) is 125 Å². The second-order valence-electron chi connectivity index (χ2n) is 21.8. The van der Waals surface area contributed by atoms with Gasteiger partial charge in [0.25, 0.3) is 0 Å². The molecule has 9 rings (SSSR count). The summed E-state index contributed by atoms with van der Waals surface area (Å²) < 4.78 is 73.8. The lowest BCUT2D eigenvalue weighted by molar-refractivity contribution is 0.00691. The molecule has 2 aromatic heterocycles. The average Bonchev–Trinajstić information content (AvgIpc) is 3.88. The van der Waals surface area contributed by atoms with Gasteiger partial charge in [-0.1, -0.05) is 60.5 Å². The fourth-order valence-corrected chi connectivity index (χ4v) is 18.0. The molecule has 0 radical (unpaired) electrons. The van der Waals surface area contributed by atoms with E-state index in [0.29, 0.717) is 81.5 Å². The van der Waals surface area contributed by atoms with Crippen LogP contribution in [0.5, 0.6) is 11.8 Å². The first-order valence-corrected chi connectivity index (χ1v) is 26.6. The number of alkyl halides is 1. The van der Waals surface area contributed by atoms with Crippen molar-refractivity contribution in [2.45, 2.75) is 166 Å². The van der Waals surface area contributed by atoms with Crippen LogP contribution < -0.4 is 14.4 Å². The van der Waals surface area contributed by atoms with Crippen LogP contribution in [0, 0.1) is 23.1 Å². The molecular weight excluding hydrogens is 874 g/mol. The zero-order valence-corrected chi connectivity index (χ0v) is 42.1. The smallest absolute Gasteiger partial charge is 0.410 e. The Labute approximate surface area is 394 Å². The van der Waals surface area contributed by atoms with Crippen LogP contribution in [-0.2, 0) is 9.47 Å². The molecule has 5 aliphatic heterocycles. The van der Waals surface area contributed by atoms with Crippen LogP contribution in [0.3, 0.4) is 0 Å². The number of nitrogens with zero attached hydrogens (tertiary/aromatic N) is 6. The lowest BCUT2D eigenvalue weighted by atomic mass is 9.91. The third kappa shape index (κ3) is 8.20. The molecule has 4 fully saturated rings. The number of amides is 1. The standard InChI is InChI=1S/C52H67F3N6O5Si/c1-29(2)67(30(3)4,31(5)6)20-17-37-39(54)15-13-33-22-36(65-28-63-11)23-38(42(33)37)46-44(55)47-43-45(56-46)32(7)21-41-40-16-14-35(61(40)50(62)66-51(8,9)10)26-60(41)48(43)58-49(57-47)64-27-52-18-12-19-59(52)25-34(53)24-52/h13,15,22-23,29-32,34-35,40-41H,12,14,16,18-19,21,24-28H2,1-11H3/t32-,34-,35-,40+,41+,52+/m1/s1. The highest BCUT2D eigenvalue weighted by Gasteiger charge is 2.53. The van der Waals surface area contributed by atoms with Crippen LogP contribution in [0.4, 0.5) is 23.8 Å². The Kier molecular flexibility index (Phi) is 12.5. The van der Waals surface area contributed by atoms with Crippen molar-refractivity contribution in [1.29, 1.82) is 0 Å². The number of carbonyl (C=O) groups excluding carboxylic acids is 1. The summed E-state index contributed by atoms with van der Waals surface area (Å²) in [6, 6.07) is 5.98. The number of halogens is 3. The summed E-state index contributed by atoms with van der Waals surface area (Å²) in [5.74, 6) is 2.77. The largest absolute Gasteiger partial charge is 0.468 e. The van der Waals surface area contributed by atoms with E-state index in [0.717, 1.165) is 32.2 Å². The first-order chi connectivity index (χ1) is 31.8. The third-order valence-electron chi connectivity index (χ3n) is 15.6. The Balaban J connectivity index is 1.27. The van der Waals surface area contributed by atoms with Crippen LogP contribution in [0.15, 0.2) is 24.3 Å².